The number of esters is 1. The Kier molecular flexibility index (Phi) is 7.49. The maximum atomic E-state index is 11.5. The lowest BCUT2D eigenvalue weighted by molar-refractivity contribution is -0.385. The molecule has 1 aromatic carbocycles. The van der Waals surface area contributed by atoms with Crippen LogP contribution >= 0.6 is 0 Å². The van der Waals surface area contributed by atoms with Crippen molar-refractivity contribution < 1.29 is 18.9 Å². The standard InChI is InChI=1S/C18H30N2O5Si/c1-13(25-26(6,7)18(2,3)4)11-19-12-15-9-8-14(17(21)24-5)10-16(15)20(22)23/h8-10,13,19H,11-12H2,1-7H3/t13-/m0/s1. The summed E-state index contributed by atoms with van der Waals surface area (Å²) < 4.78 is 10.9. The summed E-state index contributed by atoms with van der Waals surface area (Å²) in [4.78, 5) is 22.3. The van der Waals surface area contributed by atoms with Gasteiger partial charge >= 0.3 is 5.97 Å². The lowest BCUT2D eigenvalue weighted by Gasteiger charge is -2.38. The number of nitrogens with one attached hydrogen (secondary N) is 1. The van der Waals surface area contributed by atoms with Crippen molar-refractivity contribution in [2.24, 2.45) is 0 Å². The van der Waals surface area contributed by atoms with Gasteiger partial charge < -0.3 is 14.5 Å². The topological polar surface area (TPSA) is 90.7 Å². The molecule has 0 spiro atoms. The Morgan fingerprint density at radius 2 is 1.96 bits per heavy atom. The van der Waals surface area contributed by atoms with Gasteiger partial charge in [0.05, 0.1) is 23.7 Å². The van der Waals surface area contributed by atoms with E-state index in [1.807, 2.05) is 6.92 Å². The first kappa shape index (κ1) is 22.3. The lowest BCUT2D eigenvalue weighted by Crippen LogP contribution is -2.45. The zero-order chi connectivity index (χ0) is 20.1. The van der Waals surface area contributed by atoms with Crippen LogP contribution in [-0.2, 0) is 15.7 Å². The average Bonchev–Trinajstić information content (AvgIpc) is 2.52. The van der Waals surface area contributed by atoms with Gasteiger partial charge in [0.1, 0.15) is 0 Å². The number of methoxy groups -OCH3 is 1. The molecule has 0 aliphatic carbocycles. The molecule has 0 amide bonds. The highest BCUT2D eigenvalue weighted by atomic mass is 28.4. The summed E-state index contributed by atoms with van der Waals surface area (Å²) >= 11 is 0. The van der Waals surface area contributed by atoms with Gasteiger partial charge in [0, 0.05) is 24.7 Å². The molecular weight excluding hydrogens is 352 g/mol. The van der Waals surface area contributed by atoms with Crippen molar-refractivity contribution in [3.63, 3.8) is 0 Å². The van der Waals surface area contributed by atoms with Gasteiger partial charge in [-0.15, -0.1) is 0 Å². The van der Waals surface area contributed by atoms with Crippen LogP contribution in [0.5, 0.6) is 0 Å². The maximum absolute atomic E-state index is 11.5. The predicted molar refractivity (Wildman–Crippen MR) is 104 cm³/mol. The zero-order valence-corrected chi connectivity index (χ0v) is 17.7. The SMILES string of the molecule is COC(=O)c1ccc(CNC[C@H](C)O[Si](C)(C)C(C)(C)C)c([N+](=O)[O-])c1. The Bertz CT molecular complexity index is 655. The number of nitrogens with zero attached hydrogens (tertiary/aromatic N) is 1. The molecule has 1 N–H and O–H groups in total. The molecule has 0 aliphatic heterocycles. The van der Waals surface area contributed by atoms with Crippen molar-refractivity contribution >= 4 is 20.0 Å². The fourth-order valence-electron chi connectivity index (χ4n) is 2.26. The molecule has 1 atom stereocenters. The van der Waals surface area contributed by atoms with E-state index >= 15 is 0 Å². The number of benzene rings is 1. The smallest absolute Gasteiger partial charge is 0.338 e. The van der Waals surface area contributed by atoms with Crippen molar-refractivity contribution in [2.45, 2.75) is 58.5 Å². The van der Waals surface area contributed by atoms with E-state index < -0.39 is 19.2 Å². The first-order valence-electron chi connectivity index (χ1n) is 8.63. The Hall–Kier alpha value is -1.77. The van der Waals surface area contributed by atoms with Crippen molar-refractivity contribution in [1.82, 2.24) is 5.32 Å². The van der Waals surface area contributed by atoms with Gasteiger partial charge in [0.25, 0.3) is 5.69 Å². The van der Waals surface area contributed by atoms with E-state index in [1.165, 1.54) is 19.2 Å². The Morgan fingerprint density at radius 3 is 2.46 bits per heavy atom. The van der Waals surface area contributed by atoms with Gasteiger partial charge in [-0.05, 0) is 31.1 Å². The molecule has 0 aromatic heterocycles. The number of hydrogen-bond donors (Lipinski definition) is 1. The Labute approximate surface area is 156 Å². The second-order valence-corrected chi connectivity index (χ2v) is 12.7. The number of rotatable bonds is 8. The van der Waals surface area contributed by atoms with Gasteiger partial charge in [-0.1, -0.05) is 26.8 Å². The molecule has 8 heteroatoms. The summed E-state index contributed by atoms with van der Waals surface area (Å²) in [5, 5.41) is 14.6. The molecule has 1 rings (SSSR count). The predicted octanol–water partition coefficient (Wildman–Crippen LogP) is 3.88. The highest BCUT2D eigenvalue weighted by Crippen LogP contribution is 2.37. The third kappa shape index (κ3) is 5.89. The molecule has 0 saturated heterocycles. The molecule has 146 valence electrons. The second-order valence-electron chi connectivity index (χ2n) is 7.91. The van der Waals surface area contributed by atoms with Gasteiger partial charge in [0.15, 0.2) is 8.32 Å². The van der Waals surface area contributed by atoms with Crippen molar-refractivity contribution in [3.05, 3.63) is 39.4 Å². The van der Waals surface area contributed by atoms with Gasteiger partial charge in [-0.2, -0.15) is 0 Å². The van der Waals surface area contributed by atoms with Crippen LogP contribution in [0.1, 0.15) is 43.6 Å². The summed E-state index contributed by atoms with van der Waals surface area (Å²) in [7, 11) is -0.607. The van der Waals surface area contributed by atoms with E-state index in [-0.39, 0.29) is 22.4 Å². The summed E-state index contributed by atoms with van der Waals surface area (Å²) in [5.41, 5.74) is 0.582. The molecule has 0 aliphatic rings. The van der Waals surface area contributed by atoms with Crippen LogP contribution in [0.2, 0.25) is 18.1 Å². The van der Waals surface area contributed by atoms with Crippen LogP contribution in [0.3, 0.4) is 0 Å². The first-order chi connectivity index (χ1) is 11.9. The number of hydrogen-bond acceptors (Lipinski definition) is 6. The fraction of sp³-hybridized carbons (Fsp3) is 0.611. The summed E-state index contributed by atoms with van der Waals surface area (Å²) in [6.45, 7) is 13.9. The molecule has 26 heavy (non-hydrogen) atoms. The van der Waals surface area contributed by atoms with Crippen LogP contribution in [0.25, 0.3) is 0 Å². The zero-order valence-electron chi connectivity index (χ0n) is 16.7. The van der Waals surface area contributed by atoms with E-state index in [9.17, 15) is 14.9 Å². The molecule has 7 nitrogen and oxygen atoms in total. The number of carbonyl (C=O) groups excluding carboxylic acids is 1. The average molecular weight is 383 g/mol. The monoisotopic (exact) mass is 382 g/mol. The molecule has 0 bridgehead atoms. The molecule has 0 heterocycles. The van der Waals surface area contributed by atoms with E-state index in [1.54, 1.807) is 6.07 Å². The molecular formula is C18H30N2O5Si. The molecule has 0 saturated carbocycles. The number of nitro benzene ring substituents is 1. The third-order valence-electron chi connectivity index (χ3n) is 4.75. The van der Waals surface area contributed by atoms with E-state index in [0.29, 0.717) is 18.7 Å². The van der Waals surface area contributed by atoms with Gasteiger partial charge in [0.2, 0.25) is 0 Å². The Morgan fingerprint density at radius 1 is 1.35 bits per heavy atom. The van der Waals surface area contributed by atoms with Crippen molar-refractivity contribution in [1.29, 1.82) is 0 Å². The van der Waals surface area contributed by atoms with E-state index in [2.05, 4.69) is 43.9 Å². The molecule has 1 aromatic rings. The summed E-state index contributed by atoms with van der Waals surface area (Å²) in [6, 6.07) is 4.36. The number of ether oxygens (including phenoxy) is 1. The van der Waals surface area contributed by atoms with Gasteiger partial charge in [-0.3, -0.25) is 10.1 Å². The minimum Gasteiger partial charge on any atom is -0.465 e. The largest absolute Gasteiger partial charge is 0.465 e. The van der Waals surface area contributed by atoms with Crippen LogP contribution in [-0.4, -0.2) is 39.0 Å². The molecule has 0 radical (unpaired) electrons. The lowest BCUT2D eigenvalue weighted by atomic mass is 10.1. The summed E-state index contributed by atoms with van der Waals surface area (Å²) in [6.07, 6.45) is 0.00397. The number of nitro groups is 1. The van der Waals surface area contributed by atoms with Crippen LogP contribution in [0.15, 0.2) is 18.2 Å². The Balaban J connectivity index is 2.73. The first-order valence-corrected chi connectivity index (χ1v) is 11.5. The fourth-order valence-corrected chi connectivity index (χ4v) is 3.70. The minimum atomic E-state index is -1.85. The quantitative estimate of drug-likeness (QED) is 0.317. The van der Waals surface area contributed by atoms with E-state index in [0.717, 1.165) is 0 Å². The third-order valence-corrected chi connectivity index (χ3v) is 9.36. The molecule has 0 fully saturated rings. The van der Waals surface area contributed by atoms with Gasteiger partial charge in [-0.25, -0.2) is 4.79 Å². The highest BCUT2D eigenvalue weighted by Gasteiger charge is 2.38. The maximum Gasteiger partial charge on any atom is 0.338 e. The van der Waals surface area contributed by atoms with E-state index in [4.69, 9.17) is 4.43 Å². The van der Waals surface area contributed by atoms with Crippen molar-refractivity contribution in [2.75, 3.05) is 13.7 Å². The van der Waals surface area contributed by atoms with Crippen molar-refractivity contribution in [3.8, 4) is 0 Å². The minimum absolute atomic E-state index is 0.00397. The van der Waals surface area contributed by atoms with Crippen LogP contribution in [0.4, 0.5) is 5.69 Å². The highest BCUT2D eigenvalue weighted by molar-refractivity contribution is 6.74. The van der Waals surface area contributed by atoms with Crippen LogP contribution in [0, 0.1) is 10.1 Å². The summed E-state index contributed by atoms with van der Waals surface area (Å²) in [5.74, 6) is -0.594. The normalized spacial score (nSPS) is 13.3. The van der Waals surface area contributed by atoms with Crippen LogP contribution < -0.4 is 5.32 Å². The second kappa shape index (κ2) is 8.74. The molecule has 0 unspecified atom stereocenters. The number of carbonyl (C=O) groups is 1.